The lowest BCUT2D eigenvalue weighted by Crippen LogP contribution is -2.44. The molecule has 0 bridgehead atoms. The first kappa shape index (κ1) is 18.9. The molecule has 1 saturated heterocycles. The third-order valence-corrected chi connectivity index (χ3v) is 5.89. The Hall–Kier alpha value is -3.78. The highest BCUT2D eigenvalue weighted by molar-refractivity contribution is 5.59. The van der Waals surface area contributed by atoms with Gasteiger partial charge in [0.15, 0.2) is 0 Å². The van der Waals surface area contributed by atoms with Crippen molar-refractivity contribution < 1.29 is 0 Å². The zero-order valence-electron chi connectivity index (χ0n) is 17.9. The monoisotopic (exact) mass is 424 g/mol. The zero-order chi connectivity index (χ0) is 21.5. The van der Waals surface area contributed by atoms with Gasteiger partial charge in [-0.05, 0) is 35.7 Å². The molecule has 1 fully saturated rings. The van der Waals surface area contributed by atoms with Gasteiger partial charge in [0.25, 0.3) is 0 Å². The predicted molar refractivity (Wildman–Crippen MR) is 121 cm³/mol. The lowest BCUT2D eigenvalue weighted by molar-refractivity contribution is 0.105. The van der Waals surface area contributed by atoms with Crippen LogP contribution in [0.5, 0.6) is 0 Å². The van der Waals surface area contributed by atoms with E-state index in [1.807, 2.05) is 52.4 Å². The van der Waals surface area contributed by atoms with E-state index in [0.717, 1.165) is 40.7 Å². The molecule has 0 spiro atoms. The standard InChI is InChI=1S/C24H24N8/c1-18-11-29(12-18)13-19-4-5-24-26-21(15-31(24)14-19)16-32-17-23(27-28-32)20-8-22(10-25-9-20)30-6-2-3-7-30/h2-10,14-15,17-18H,11-13,16H2,1H3. The minimum absolute atomic E-state index is 0.568. The number of rotatable bonds is 6. The lowest BCUT2D eigenvalue weighted by atomic mass is 10.0. The summed E-state index contributed by atoms with van der Waals surface area (Å²) < 4.78 is 5.95. The van der Waals surface area contributed by atoms with Gasteiger partial charge in [-0.2, -0.15) is 0 Å². The summed E-state index contributed by atoms with van der Waals surface area (Å²) in [5, 5.41) is 8.66. The van der Waals surface area contributed by atoms with E-state index >= 15 is 0 Å². The van der Waals surface area contributed by atoms with Crippen LogP contribution in [0.2, 0.25) is 0 Å². The Kier molecular flexibility index (Phi) is 4.57. The number of nitrogens with zero attached hydrogens (tertiary/aromatic N) is 8. The summed E-state index contributed by atoms with van der Waals surface area (Å²) in [6.45, 7) is 6.24. The third-order valence-electron chi connectivity index (χ3n) is 5.89. The predicted octanol–water partition coefficient (Wildman–Crippen LogP) is 3.28. The fraction of sp³-hybridized carbons (Fsp3) is 0.250. The van der Waals surface area contributed by atoms with Crippen LogP contribution >= 0.6 is 0 Å². The van der Waals surface area contributed by atoms with Crippen LogP contribution in [0.4, 0.5) is 0 Å². The molecular weight excluding hydrogens is 400 g/mol. The Balaban J connectivity index is 1.19. The summed E-state index contributed by atoms with van der Waals surface area (Å²) in [6.07, 6.45) is 13.8. The Morgan fingerprint density at radius 3 is 2.72 bits per heavy atom. The quantitative estimate of drug-likeness (QED) is 0.418. The SMILES string of the molecule is CC1CN(Cc2ccc3nc(Cn4cc(-c5cncc(-n6cccc6)c5)nn4)cn3c2)C1. The molecule has 0 radical (unpaired) electrons. The van der Waals surface area contributed by atoms with Gasteiger partial charge in [0.05, 0.1) is 30.3 Å². The van der Waals surface area contributed by atoms with E-state index in [1.54, 1.807) is 0 Å². The van der Waals surface area contributed by atoms with Crippen LogP contribution in [0.15, 0.2) is 73.7 Å². The number of hydrogen-bond acceptors (Lipinski definition) is 5. The molecule has 1 aliphatic rings. The normalized spacial score (nSPS) is 14.8. The average Bonchev–Trinajstić information content (AvgIpc) is 3.53. The van der Waals surface area contributed by atoms with E-state index in [9.17, 15) is 0 Å². The van der Waals surface area contributed by atoms with Crippen molar-refractivity contribution in [2.75, 3.05) is 13.1 Å². The molecule has 0 aromatic carbocycles. The van der Waals surface area contributed by atoms with Gasteiger partial charge in [-0.1, -0.05) is 18.2 Å². The van der Waals surface area contributed by atoms with Crippen LogP contribution in [0, 0.1) is 5.92 Å². The van der Waals surface area contributed by atoms with Crippen molar-refractivity contribution in [3.63, 3.8) is 0 Å². The number of hydrogen-bond donors (Lipinski definition) is 0. The van der Waals surface area contributed by atoms with E-state index < -0.39 is 0 Å². The van der Waals surface area contributed by atoms with Gasteiger partial charge in [-0.25, -0.2) is 9.67 Å². The average molecular weight is 425 g/mol. The fourth-order valence-electron chi connectivity index (χ4n) is 4.37. The van der Waals surface area contributed by atoms with Crippen LogP contribution in [-0.2, 0) is 13.1 Å². The molecule has 0 saturated carbocycles. The maximum Gasteiger partial charge on any atom is 0.137 e. The molecule has 6 heterocycles. The second kappa shape index (κ2) is 7.72. The largest absolute Gasteiger partial charge is 0.322 e. The van der Waals surface area contributed by atoms with E-state index in [0.29, 0.717) is 6.54 Å². The van der Waals surface area contributed by atoms with Gasteiger partial charge in [-0.15, -0.1) is 5.10 Å². The summed E-state index contributed by atoms with van der Waals surface area (Å²) in [5.74, 6) is 0.818. The Bertz CT molecular complexity index is 1360. The molecule has 5 aromatic rings. The van der Waals surface area contributed by atoms with Gasteiger partial charge >= 0.3 is 0 Å². The third kappa shape index (κ3) is 3.69. The van der Waals surface area contributed by atoms with Crippen molar-refractivity contribution in [1.82, 2.24) is 38.8 Å². The summed E-state index contributed by atoms with van der Waals surface area (Å²) in [6, 6.07) is 10.3. The highest BCUT2D eigenvalue weighted by Crippen LogP contribution is 2.20. The number of likely N-dealkylation sites (tertiary alicyclic amines) is 1. The Morgan fingerprint density at radius 2 is 1.88 bits per heavy atom. The maximum atomic E-state index is 4.75. The van der Waals surface area contributed by atoms with Crippen molar-refractivity contribution in [1.29, 1.82) is 0 Å². The van der Waals surface area contributed by atoms with Crippen LogP contribution in [0.25, 0.3) is 22.6 Å². The first-order valence-electron chi connectivity index (χ1n) is 10.9. The van der Waals surface area contributed by atoms with Gasteiger partial charge in [0.1, 0.15) is 11.3 Å². The van der Waals surface area contributed by atoms with Crippen molar-refractivity contribution in [3.05, 3.63) is 85.0 Å². The van der Waals surface area contributed by atoms with E-state index in [2.05, 4.69) is 62.1 Å². The Labute approximate surface area is 185 Å². The van der Waals surface area contributed by atoms with Crippen molar-refractivity contribution in [2.45, 2.75) is 20.0 Å². The van der Waals surface area contributed by atoms with E-state index in [4.69, 9.17) is 4.98 Å². The summed E-state index contributed by atoms with van der Waals surface area (Å²) >= 11 is 0. The number of fused-ring (bicyclic) bond motifs is 1. The molecule has 0 N–H and O–H groups in total. The van der Waals surface area contributed by atoms with Crippen LogP contribution in [0.1, 0.15) is 18.2 Å². The van der Waals surface area contributed by atoms with Crippen molar-refractivity contribution in [3.8, 4) is 16.9 Å². The summed E-state index contributed by atoms with van der Waals surface area (Å²) in [7, 11) is 0. The number of aromatic nitrogens is 7. The summed E-state index contributed by atoms with van der Waals surface area (Å²) in [4.78, 5) is 11.6. The Morgan fingerprint density at radius 1 is 1.00 bits per heavy atom. The highest BCUT2D eigenvalue weighted by Gasteiger charge is 2.22. The molecule has 5 aromatic heterocycles. The summed E-state index contributed by atoms with van der Waals surface area (Å²) in [5.41, 5.74) is 5.93. The van der Waals surface area contributed by atoms with Gasteiger partial charge in [-0.3, -0.25) is 9.88 Å². The molecule has 0 unspecified atom stereocenters. The molecule has 32 heavy (non-hydrogen) atoms. The van der Waals surface area contributed by atoms with Crippen LogP contribution < -0.4 is 0 Å². The molecule has 6 rings (SSSR count). The molecule has 1 aliphatic heterocycles. The first-order valence-corrected chi connectivity index (χ1v) is 10.9. The van der Waals surface area contributed by atoms with Crippen LogP contribution in [0.3, 0.4) is 0 Å². The number of imidazole rings is 1. The van der Waals surface area contributed by atoms with Gasteiger partial charge in [0, 0.05) is 56.2 Å². The maximum absolute atomic E-state index is 4.75. The second-order valence-corrected chi connectivity index (χ2v) is 8.66. The molecular formula is C24H24N8. The molecule has 0 atom stereocenters. The van der Waals surface area contributed by atoms with Gasteiger partial charge < -0.3 is 8.97 Å². The first-order chi connectivity index (χ1) is 15.7. The van der Waals surface area contributed by atoms with Crippen molar-refractivity contribution in [2.24, 2.45) is 5.92 Å². The highest BCUT2D eigenvalue weighted by atomic mass is 15.4. The number of pyridine rings is 2. The van der Waals surface area contributed by atoms with Crippen molar-refractivity contribution >= 4 is 5.65 Å². The minimum Gasteiger partial charge on any atom is -0.322 e. The zero-order valence-corrected chi connectivity index (χ0v) is 17.9. The minimum atomic E-state index is 0.568. The smallest absolute Gasteiger partial charge is 0.137 e. The van der Waals surface area contributed by atoms with Gasteiger partial charge in [0.2, 0.25) is 0 Å². The molecule has 8 nitrogen and oxygen atoms in total. The van der Waals surface area contributed by atoms with Crippen LogP contribution in [-0.4, -0.2) is 51.9 Å². The second-order valence-electron chi connectivity index (χ2n) is 8.66. The van der Waals surface area contributed by atoms with E-state index in [-0.39, 0.29) is 0 Å². The molecule has 160 valence electrons. The molecule has 0 aliphatic carbocycles. The van der Waals surface area contributed by atoms with E-state index in [1.165, 1.54) is 18.7 Å². The fourth-order valence-corrected chi connectivity index (χ4v) is 4.37. The lowest BCUT2D eigenvalue weighted by Gasteiger charge is -2.37. The molecule has 0 amide bonds. The topological polar surface area (TPSA) is 69.1 Å². The molecule has 8 heteroatoms.